The molecule has 0 aliphatic heterocycles. The Morgan fingerprint density at radius 2 is 1.74 bits per heavy atom. The Balaban J connectivity index is 4.36. The Morgan fingerprint density at radius 3 is 2.26 bits per heavy atom. The normalized spacial score (nSPS) is 11.8. The molecule has 10 heteroatoms. The van der Waals surface area contributed by atoms with Crippen molar-refractivity contribution >= 4 is 19.7 Å². The third-order valence-corrected chi connectivity index (χ3v) is 4.08. The van der Waals surface area contributed by atoms with E-state index in [0.717, 1.165) is 0 Å². The van der Waals surface area contributed by atoms with Crippen molar-refractivity contribution < 1.29 is 33.4 Å². The van der Waals surface area contributed by atoms with E-state index in [2.05, 4.69) is 12.0 Å². The average Bonchev–Trinajstić information content (AvgIpc) is 2.49. The van der Waals surface area contributed by atoms with Crippen molar-refractivity contribution in [3.05, 3.63) is 12.2 Å². The number of hydrogen-bond donors (Lipinski definition) is 3. The number of hydrazine groups is 1. The molecule has 0 fully saturated rings. The largest absolute Gasteiger partial charge is 0.461 e. The first-order valence-corrected chi connectivity index (χ1v) is 10.7. The summed E-state index contributed by atoms with van der Waals surface area (Å²) >= 11 is 0. The van der Waals surface area contributed by atoms with Crippen molar-refractivity contribution in [2.45, 2.75) is 59.0 Å². The highest BCUT2D eigenvalue weighted by molar-refractivity contribution is 7.51. The Kier molecular flexibility index (Phi) is 11.5. The van der Waals surface area contributed by atoms with E-state index in [9.17, 15) is 14.2 Å². The summed E-state index contributed by atoms with van der Waals surface area (Å²) in [5, 5.41) is 1.32. The van der Waals surface area contributed by atoms with Gasteiger partial charge in [-0.25, -0.2) is 20.0 Å². The first kappa shape index (κ1) is 25.6. The van der Waals surface area contributed by atoms with Crippen LogP contribution in [0, 0.1) is 0 Å². The molecule has 0 saturated carbocycles. The van der Waals surface area contributed by atoms with Crippen LogP contribution in [0.3, 0.4) is 0 Å². The number of ether oxygens (including phenoxy) is 2. The lowest BCUT2D eigenvalue weighted by atomic mass is 10.2. The molecule has 0 aromatic carbocycles. The van der Waals surface area contributed by atoms with Crippen LogP contribution in [-0.4, -0.2) is 58.3 Å². The van der Waals surface area contributed by atoms with Gasteiger partial charge in [0.15, 0.2) is 0 Å². The molecule has 0 aromatic heterocycles. The number of esters is 1. The molecule has 0 aliphatic rings. The fraction of sp³-hybridized carbons (Fsp3) is 0.765. The molecule has 0 aromatic rings. The molecule has 0 aliphatic carbocycles. The Bertz CT molecular complexity index is 540. The molecule has 1 amide bonds. The second kappa shape index (κ2) is 12.1. The maximum Gasteiger partial charge on any atom is 0.424 e. The highest BCUT2D eigenvalue weighted by Gasteiger charge is 2.22. The summed E-state index contributed by atoms with van der Waals surface area (Å²) in [6.45, 7) is 11.0. The number of amides is 1. The van der Waals surface area contributed by atoms with Crippen LogP contribution in [0.15, 0.2) is 12.2 Å². The van der Waals surface area contributed by atoms with E-state index in [0.29, 0.717) is 37.8 Å². The summed E-state index contributed by atoms with van der Waals surface area (Å²) < 4.78 is 21.1. The zero-order chi connectivity index (χ0) is 21.1. The van der Waals surface area contributed by atoms with Gasteiger partial charge in [0.1, 0.15) is 12.2 Å². The standard InChI is InChI=1S/C17H33N2O7P/c1-14(2)15(20)25-12-10-18-19(16(21)26-17(3,4)5)11-8-6-7-9-13-27(22,23)24/h18H,1,6-13H2,2-5H3,(H2,22,23,24). The predicted octanol–water partition coefficient (Wildman–Crippen LogP) is 2.59. The minimum atomic E-state index is -3.95. The number of carbonyl (C=O) groups excluding carboxylic acids is 2. The van der Waals surface area contributed by atoms with Gasteiger partial charge in [-0.05, 0) is 40.5 Å². The third-order valence-electron chi connectivity index (χ3n) is 3.18. The van der Waals surface area contributed by atoms with Crippen molar-refractivity contribution in [3.8, 4) is 0 Å². The fourth-order valence-corrected chi connectivity index (χ4v) is 2.58. The van der Waals surface area contributed by atoms with Gasteiger partial charge in [-0.1, -0.05) is 19.4 Å². The highest BCUT2D eigenvalue weighted by Crippen LogP contribution is 2.35. The minimum absolute atomic E-state index is 0.0767. The molecular formula is C17H33N2O7P. The van der Waals surface area contributed by atoms with Gasteiger partial charge in [-0.2, -0.15) is 0 Å². The molecular weight excluding hydrogens is 375 g/mol. The van der Waals surface area contributed by atoms with Crippen molar-refractivity contribution in [2.24, 2.45) is 0 Å². The van der Waals surface area contributed by atoms with Gasteiger partial charge in [-0.3, -0.25) is 4.57 Å². The van der Waals surface area contributed by atoms with Crippen LogP contribution in [0.25, 0.3) is 0 Å². The van der Waals surface area contributed by atoms with E-state index in [1.807, 2.05) is 0 Å². The molecule has 0 spiro atoms. The smallest absolute Gasteiger partial charge is 0.424 e. The van der Waals surface area contributed by atoms with Gasteiger partial charge < -0.3 is 19.3 Å². The summed E-state index contributed by atoms with van der Waals surface area (Å²) in [6.07, 6.45) is 1.77. The zero-order valence-electron chi connectivity index (χ0n) is 16.7. The maximum atomic E-state index is 12.3. The van der Waals surface area contributed by atoms with Crippen LogP contribution in [-0.2, 0) is 18.8 Å². The Hall–Kier alpha value is -1.41. The van der Waals surface area contributed by atoms with E-state index in [1.165, 1.54) is 5.01 Å². The van der Waals surface area contributed by atoms with Gasteiger partial charge in [0.05, 0.1) is 0 Å². The summed E-state index contributed by atoms with van der Waals surface area (Å²) in [5.41, 5.74) is 2.53. The SMILES string of the molecule is C=C(C)C(=O)OCCNN(CCCCCCP(=O)(O)O)C(=O)OC(C)(C)C. The number of nitrogens with zero attached hydrogens (tertiary/aromatic N) is 1. The summed E-state index contributed by atoms with van der Waals surface area (Å²) in [4.78, 5) is 41.3. The maximum absolute atomic E-state index is 12.3. The van der Waals surface area contributed by atoms with Crippen LogP contribution in [0.4, 0.5) is 4.79 Å². The quantitative estimate of drug-likeness (QED) is 0.148. The average molecular weight is 408 g/mol. The Labute approximate surface area is 161 Å². The number of hydrogen-bond acceptors (Lipinski definition) is 6. The monoisotopic (exact) mass is 408 g/mol. The van der Waals surface area contributed by atoms with Crippen molar-refractivity contribution in [1.29, 1.82) is 0 Å². The molecule has 0 saturated heterocycles. The molecule has 0 radical (unpaired) electrons. The van der Waals surface area contributed by atoms with E-state index in [1.54, 1.807) is 27.7 Å². The molecule has 0 rings (SSSR count). The van der Waals surface area contributed by atoms with E-state index in [-0.39, 0.29) is 19.3 Å². The minimum Gasteiger partial charge on any atom is -0.461 e. The van der Waals surface area contributed by atoms with Gasteiger partial charge in [0, 0.05) is 24.8 Å². The van der Waals surface area contributed by atoms with Crippen molar-refractivity contribution in [3.63, 3.8) is 0 Å². The molecule has 3 N–H and O–H groups in total. The topological polar surface area (TPSA) is 125 Å². The lowest BCUT2D eigenvalue weighted by molar-refractivity contribution is -0.138. The molecule has 0 unspecified atom stereocenters. The van der Waals surface area contributed by atoms with Crippen LogP contribution >= 0.6 is 7.60 Å². The second-order valence-electron chi connectivity index (χ2n) is 7.26. The second-order valence-corrected chi connectivity index (χ2v) is 9.04. The van der Waals surface area contributed by atoms with Crippen LogP contribution < -0.4 is 5.43 Å². The van der Waals surface area contributed by atoms with Gasteiger partial charge >= 0.3 is 19.7 Å². The molecule has 0 heterocycles. The lowest BCUT2D eigenvalue weighted by Crippen LogP contribution is -2.47. The summed E-state index contributed by atoms with van der Waals surface area (Å²) in [7, 11) is -3.95. The highest BCUT2D eigenvalue weighted by atomic mass is 31.2. The van der Waals surface area contributed by atoms with Crippen molar-refractivity contribution in [2.75, 3.05) is 25.9 Å². The lowest BCUT2D eigenvalue weighted by Gasteiger charge is -2.27. The number of nitrogens with one attached hydrogen (secondary N) is 1. The van der Waals surface area contributed by atoms with Gasteiger partial charge in [0.2, 0.25) is 0 Å². The number of unbranched alkanes of at least 4 members (excludes halogenated alkanes) is 3. The number of rotatable bonds is 12. The molecule has 0 atom stereocenters. The van der Waals surface area contributed by atoms with Gasteiger partial charge in [-0.15, -0.1) is 0 Å². The zero-order valence-corrected chi connectivity index (χ0v) is 17.6. The molecule has 158 valence electrons. The predicted molar refractivity (Wildman–Crippen MR) is 102 cm³/mol. The third kappa shape index (κ3) is 15.4. The van der Waals surface area contributed by atoms with Crippen LogP contribution in [0.5, 0.6) is 0 Å². The van der Waals surface area contributed by atoms with E-state index < -0.39 is 25.3 Å². The Morgan fingerprint density at radius 1 is 1.15 bits per heavy atom. The fourth-order valence-electron chi connectivity index (χ4n) is 1.94. The molecule has 9 nitrogen and oxygen atoms in total. The van der Waals surface area contributed by atoms with Crippen LogP contribution in [0.1, 0.15) is 53.4 Å². The van der Waals surface area contributed by atoms with Crippen molar-refractivity contribution in [1.82, 2.24) is 10.4 Å². The first-order chi connectivity index (χ1) is 12.3. The van der Waals surface area contributed by atoms with E-state index >= 15 is 0 Å². The number of carbonyl (C=O) groups is 2. The van der Waals surface area contributed by atoms with Gasteiger partial charge in [0.25, 0.3) is 0 Å². The molecule has 0 bridgehead atoms. The van der Waals surface area contributed by atoms with Crippen LogP contribution in [0.2, 0.25) is 0 Å². The summed E-state index contributed by atoms with van der Waals surface area (Å²) in [5.74, 6) is -0.495. The van der Waals surface area contributed by atoms with E-state index in [4.69, 9.17) is 19.3 Å². The summed E-state index contributed by atoms with van der Waals surface area (Å²) in [6, 6.07) is 0. The first-order valence-electron chi connectivity index (χ1n) is 8.93. The molecule has 27 heavy (non-hydrogen) atoms.